The lowest BCUT2D eigenvalue weighted by molar-refractivity contribution is -0.384. The third kappa shape index (κ3) is 10.2. The summed E-state index contributed by atoms with van der Waals surface area (Å²) in [5.41, 5.74) is 3.29. The Morgan fingerprint density at radius 1 is 1.00 bits per heavy atom. The van der Waals surface area contributed by atoms with Crippen LogP contribution in [0.2, 0.25) is 0 Å². The van der Waals surface area contributed by atoms with Crippen LogP contribution in [0.4, 0.5) is 17.1 Å². The zero-order valence-electron chi connectivity index (χ0n) is 42.4. The van der Waals surface area contributed by atoms with Crippen molar-refractivity contribution in [3.05, 3.63) is 99.7 Å². The molecule has 3 atom stereocenters. The van der Waals surface area contributed by atoms with E-state index in [9.17, 15) is 28.4 Å². The standard InChI is InChI=1S/C55H68N8O10S/c1-34(2)41-7-4-5-8-42(41)45-9-6-21-62(45)39-29-55(30-39)17-22-61(23-18-55)38-10-11-43(47(26-38)73-49-25-36-14-19-57-51(36)59-53(49)72-32-37-31-70-24-20-56-37)52(64)60-74(68,69)40-27-46(63(66)67)50-48(28-40)71-33-44(58-50)35-12-15-54(3,65)16-13-35/h4-5,7-8,10-11,14,19,25-28,34-35,37,39,44-45,56,58,65H,6,9,12-13,15-18,20-24,29-33H2,1-3H3,(H,57,59)(H,60,64)/t35?,37-,44+,45-,54?/m0/s1. The fourth-order valence-corrected chi connectivity index (χ4v) is 13.5. The van der Waals surface area contributed by atoms with Gasteiger partial charge in [0.1, 0.15) is 24.6 Å². The van der Waals surface area contributed by atoms with Gasteiger partial charge in [0.15, 0.2) is 17.2 Å². The highest BCUT2D eigenvalue weighted by Gasteiger charge is 2.50. The van der Waals surface area contributed by atoms with E-state index in [1.807, 2.05) is 19.1 Å². The molecule has 5 N–H and O–H groups in total. The Bertz CT molecular complexity index is 3000. The maximum Gasteiger partial charge on any atom is 0.297 e. The number of hydrogen-bond donors (Lipinski definition) is 5. The van der Waals surface area contributed by atoms with Crippen molar-refractivity contribution >= 4 is 44.0 Å². The Kier molecular flexibility index (Phi) is 13.7. The summed E-state index contributed by atoms with van der Waals surface area (Å²) >= 11 is 0. The Hall–Kier alpha value is -5.99. The van der Waals surface area contributed by atoms with E-state index >= 15 is 0 Å². The summed E-state index contributed by atoms with van der Waals surface area (Å²) < 4.78 is 55.2. The maximum absolute atomic E-state index is 14.5. The van der Waals surface area contributed by atoms with Crippen LogP contribution in [0, 0.1) is 21.4 Å². The summed E-state index contributed by atoms with van der Waals surface area (Å²) in [6.07, 6.45) is 11.1. The van der Waals surface area contributed by atoms with Crippen molar-refractivity contribution in [3.63, 3.8) is 0 Å². The number of morpholine rings is 1. The van der Waals surface area contributed by atoms with E-state index in [4.69, 9.17) is 23.9 Å². The van der Waals surface area contributed by atoms with Crippen LogP contribution in [-0.4, -0.2) is 116 Å². The van der Waals surface area contributed by atoms with Gasteiger partial charge in [0, 0.05) is 67.2 Å². The van der Waals surface area contributed by atoms with Gasteiger partial charge in [-0.05, 0) is 130 Å². The van der Waals surface area contributed by atoms with E-state index in [0.717, 1.165) is 49.6 Å². The van der Waals surface area contributed by atoms with Crippen molar-refractivity contribution < 1.29 is 42.2 Å². The van der Waals surface area contributed by atoms with Crippen LogP contribution in [-0.2, 0) is 14.8 Å². The molecule has 18 nitrogen and oxygen atoms in total. The number of nitro benzene ring substituents is 1. The highest BCUT2D eigenvalue weighted by molar-refractivity contribution is 7.90. The number of ether oxygens (including phenoxy) is 4. The van der Waals surface area contributed by atoms with Crippen LogP contribution in [0.3, 0.4) is 0 Å². The predicted octanol–water partition coefficient (Wildman–Crippen LogP) is 8.57. The largest absolute Gasteiger partial charge is 0.489 e. The van der Waals surface area contributed by atoms with Crippen LogP contribution in [0.15, 0.2) is 77.8 Å². The third-order valence-corrected chi connectivity index (χ3v) is 18.1. The first-order valence-electron chi connectivity index (χ1n) is 26.5. The molecule has 2 aliphatic carbocycles. The zero-order valence-corrected chi connectivity index (χ0v) is 43.3. The number of nitrogens with one attached hydrogen (secondary N) is 4. The molecule has 11 rings (SSSR count). The average Bonchev–Trinajstić information content (AvgIpc) is 4.07. The molecule has 74 heavy (non-hydrogen) atoms. The van der Waals surface area contributed by atoms with E-state index in [1.165, 1.54) is 42.9 Å². The van der Waals surface area contributed by atoms with Crippen molar-refractivity contribution in [3.8, 4) is 23.1 Å². The number of piperidine rings is 1. The monoisotopic (exact) mass is 1030 g/mol. The minimum atomic E-state index is -4.73. The number of amides is 1. The number of nitrogens with zero attached hydrogens (tertiary/aromatic N) is 4. The first-order valence-corrected chi connectivity index (χ1v) is 27.9. The van der Waals surface area contributed by atoms with Crippen LogP contribution >= 0.6 is 0 Å². The molecule has 394 valence electrons. The van der Waals surface area contributed by atoms with Gasteiger partial charge >= 0.3 is 0 Å². The number of hydrogen-bond acceptors (Lipinski definition) is 15. The van der Waals surface area contributed by atoms with Gasteiger partial charge in [0.2, 0.25) is 0 Å². The Balaban J connectivity index is 0.843. The van der Waals surface area contributed by atoms with Gasteiger partial charge in [-0.3, -0.25) is 19.8 Å². The van der Waals surface area contributed by atoms with Gasteiger partial charge in [-0.1, -0.05) is 38.1 Å². The highest BCUT2D eigenvalue weighted by atomic mass is 32.2. The SMILES string of the molecule is CC(C)c1ccccc1[C@@H]1CCCN1C1CC2(CCN(c3ccc(C(=O)NS(=O)(=O)c4cc5c(c([N+](=O)[O-])c4)N[C@@H](C4CCC(C)(O)CC4)CO5)c(Oc4cc5cc[nH]c5nc4OC[C@@H]4COCCN4)c3)CC2)C1. The van der Waals surface area contributed by atoms with Crippen molar-refractivity contribution in [1.82, 2.24) is 24.9 Å². The Labute approximate surface area is 432 Å². The molecule has 3 aromatic carbocycles. The van der Waals surface area contributed by atoms with Crippen LogP contribution < -0.4 is 34.5 Å². The predicted molar refractivity (Wildman–Crippen MR) is 280 cm³/mol. The minimum Gasteiger partial charge on any atom is -0.489 e. The summed E-state index contributed by atoms with van der Waals surface area (Å²) in [4.78, 5) is 38.8. The quantitative estimate of drug-likeness (QED) is 0.0519. The summed E-state index contributed by atoms with van der Waals surface area (Å²) in [6.45, 7) is 11.2. The molecular weight excluding hydrogens is 965 g/mol. The van der Waals surface area contributed by atoms with Gasteiger partial charge in [-0.2, -0.15) is 4.98 Å². The zero-order chi connectivity index (χ0) is 51.4. The topological polar surface area (TPSA) is 223 Å². The first-order chi connectivity index (χ1) is 35.6. The number of aromatic amines is 1. The lowest BCUT2D eigenvalue weighted by Crippen LogP contribution is -2.54. The summed E-state index contributed by atoms with van der Waals surface area (Å²) in [5.74, 6) is -0.00159. The van der Waals surface area contributed by atoms with E-state index in [0.29, 0.717) is 69.1 Å². The van der Waals surface area contributed by atoms with Crippen molar-refractivity contribution in [2.75, 3.05) is 62.8 Å². The van der Waals surface area contributed by atoms with E-state index in [1.54, 1.807) is 24.4 Å². The van der Waals surface area contributed by atoms with Gasteiger partial charge in [-0.15, -0.1) is 0 Å². The lowest BCUT2D eigenvalue weighted by Gasteiger charge is -2.56. The third-order valence-electron chi connectivity index (χ3n) is 16.8. The molecule has 6 heterocycles. The summed E-state index contributed by atoms with van der Waals surface area (Å²) in [6, 6.07) is 20.5. The number of aliphatic hydroxyl groups is 1. The number of aromatic nitrogens is 2. The number of anilines is 2. The molecule has 4 aliphatic heterocycles. The maximum atomic E-state index is 14.5. The molecule has 1 amide bonds. The first kappa shape index (κ1) is 50.2. The number of carbonyl (C=O) groups excluding carboxylic acids is 1. The Morgan fingerprint density at radius 2 is 1.80 bits per heavy atom. The smallest absolute Gasteiger partial charge is 0.297 e. The molecule has 6 aliphatic rings. The normalized spacial score (nSPS) is 25.2. The number of nitro groups is 1. The van der Waals surface area contributed by atoms with Crippen molar-refractivity contribution in [2.24, 2.45) is 11.3 Å². The van der Waals surface area contributed by atoms with E-state index in [-0.39, 0.29) is 71.0 Å². The molecule has 19 heteroatoms. The number of benzene rings is 3. The fraction of sp³-hybridized carbons (Fsp3) is 0.527. The number of rotatable bonds is 14. The number of carbonyl (C=O) groups is 1. The fourth-order valence-electron chi connectivity index (χ4n) is 12.5. The van der Waals surface area contributed by atoms with Gasteiger partial charge in [-0.25, -0.2) is 13.1 Å². The number of H-pyrrole nitrogens is 1. The molecule has 0 radical (unpaired) electrons. The second-order valence-electron chi connectivity index (χ2n) is 22.2. The number of fused-ring (bicyclic) bond motifs is 2. The molecule has 1 spiro atoms. The molecule has 2 aromatic heterocycles. The molecule has 5 fully saturated rings. The van der Waals surface area contributed by atoms with Crippen molar-refractivity contribution in [1.29, 1.82) is 0 Å². The van der Waals surface area contributed by atoms with Crippen molar-refractivity contribution in [2.45, 2.75) is 126 Å². The number of pyridine rings is 1. The average molecular weight is 1030 g/mol. The lowest BCUT2D eigenvalue weighted by atomic mass is 9.59. The summed E-state index contributed by atoms with van der Waals surface area (Å²) in [7, 11) is -4.73. The second-order valence-corrected chi connectivity index (χ2v) is 23.8. The Morgan fingerprint density at radius 3 is 2.55 bits per heavy atom. The molecule has 3 saturated heterocycles. The van der Waals surface area contributed by atoms with Crippen LogP contribution in [0.1, 0.15) is 118 Å². The number of sulfonamides is 1. The molecule has 0 unspecified atom stereocenters. The van der Waals surface area contributed by atoms with Crippen LogP contribution in [0.5, 0.6) is 23.1 Å². The highest BCUT2D eigenvalue weighted by Crippen LogP contribution is 2.54. The molecule has 5 aromatic rings. The van der Waals surface area contributed by atoms with E-state index < -0.39 is 37.0 Å². The molecular formula is C55H68N8O10S. The van der Waals surface area contributed by atoms with Gasteiger partial charge in [0.05, 0.1) is 46.3 Å². The second kappa shape index (κ2) is 20.3. The minimum absolute atomic E-state index is 0.0111. The summed E-state index contributed by atoms with van der Waals surface area (Å²) in [5, 5.41) is 30.4. The van der Waals surface area contributed by atoms with Gasteiger partial charge < -0.3 is 44.6 Å². The molecule has 2 saturated carbocycles. The molecule has 0 bridgehead atoms. The van der Waals surface area contributed by atoms with Gasteiger partial charge in [0.25, 0.3) is 27.5 Å². The van der Waals surface area contributed by atoms with E-state index in [2.05, 4.69) is 68.3 Å². The van der Waals surface area contributed by atoms with Crippen LogP contribution in [0.25, 0.3) is 11.0 Å². The number of likely N-dealkylation sites (tertiary alicyclic amines) is 1.